The summed E-state index contributed by atoms with van der Waals surface area (Å²) >= 11 is 0.983. The van der Waals surface area contributed by atoms with Crippen molar-refractivity contribution in [2.24, 2.45) is 5.41 Å². The van der Waals surface area contributed by atoms with Gasteiger partial charge in [0.2, 0.25) is 5.95 Å². The average Bonchev–Trinajstić information content (AvgIpc) is 3.44. The van der Waals surface area contributed by atoms with Crippen LogP contribution in [-0.2, 0) is 31.5 Å². The molecule has 8 rings (SSSR count). The van der Waals surface area contributed by atoms with Crippen LogP contribution in [0, 0.1) is 17.0 Å². The average molecular weight is 808 g/mol. The Morgan fingerprint density at radius 2 is 1.53 bits per heavy atom. The van der Waals surface area contributed by atoms with Crippen LogP contribution >= 0.6 is 11.3 Å². The van der Waals surface area contributed by atoms with Crippen molar-refractivity contribution < 1.29 is 52.0 Å². The van der Waals surface area contributed by atoms with E-state index in [1.54, 1.807) is 4.72 Å². The molecular formula is C33H29F8N5O4S3. The number of alkyl halides is 6. The minimum absolute atomic E-state index is 0.116. The zero-order valence-corrected chi connectivity index (χ0v) is 29.9. The fraction of sp³-hybridized carbons (Fsp3) is 0.424. The van der Waals surface area contributed by atoms with E-state index in [2.05, 4.69) is 20.3 Å². The number of thiazole rings is 1. The van der Waals surface area contributed by atoms with E-state index in [0.717, 1.165) is 17.4 Å². The quantitative estimate of drug-likeness (QED) is 0.162. The number of rotatable bonds is 9. The van der Waals surface area contributed by atoms with E-state index in [-0.39, 0.29) is 58.1 Å². The van der Waals surface area contributed by atoms with Crippen LogP contribution in [0.4, 0.5) is 46.8 Å². The molecular weight excluding hydrogens is 779 g/mol. The minimum atomic E-state index is -5.37. The van der Waals surface area contributed by atoms with Crippen molar-refractivity contribution >= 4 is 42.8 Å². The number of sulfone groups is 1. The molecule has 4 aliphatic carbocycles. The van der Waals surface area contributed by atoms with Crippen LogP contribution in [0.5, 0.6) is 0 Å². The van der Waals surface area contributed by atoms with Gasteiger partial charge in [0.25, 0.3) is 10.0 Å². The lowest BCUT2D eigenvalue weighted by molar-refractivity contribution is -0.337. The highest BCUT2D eigenvalue weighted by Gasteiger charge is 2.79. The van der Waals surface area contributed by atoms with Crippen molar-refractivity contribution in [3.63, 3.8) is 0 Å². The Labute approximate surface area is 302 Å². The summed E-state index contributed by atoms with van der Waals surface area (Å²) in [6.07, 6.45) is -5.93. The molecule has 2 aromatic heterocycles. The zero-order valence-electron chi connectivity index (χ0n) is 27.4. The fourth-order valence-electron chi connectivity index (χ4n) is 7.59. The van der Waals surface area contributed by atoms with Crippen LogP contribution in [0.15, 0.2) is 53.6 Å². The van der Waals surface area contributed by atoms with Gasteiger partial charge >= 0.3 is 12.4 Å². The zero-order chi connectivity index (χ0) is 38.4. The second kappa shape index (κ2) is 12.6. The van der Waals surface area contributed by atoms with Crippen molar-refractivity contribution in [2.45, 2.75) is 78.9 Å². The molecule has 0 atom stereocenters. The van der Waals surface area contributed by atoms with Gasteiger partial charge in [-0.15, -0.1) is 11.3 Å². The maximum atomic E-state index is 16.4. The van der Waals surface area contributed by atoms with Gasteiger partial charge in [-0.1, -0.05) is 12.1 Å². The molecule has 9 nitrogen and oxygen atoms in total. The van der Waals surface area contributed by atoms with Crippen LogP contribution in [0.3, 0.4) is 0 Å². The van der Waals surface area contributed by atoms with Crippen LogP contribution in [0.1, 0.15) is 55.5 Å². The number of hydrogen-bond donors (Lipinski definition) is 2. The van der Waals surface area contributed by atoms with E-state index in [0.29, 0.717) is 43.9 Å². The summed E-state index contributed by atoms with van der Waals surface area (Å²) in [6.45, 7) is 0. The molecule has 284 valence electrons. The van der Waals surface area contributed by atoms with Crippen LogP contribution in [0.2, 0.25) is 0 Å². The largest absolute Gasteiger partial charge is 0.417 e. The molecule has 0 amide bonds. The molecule has 2 aromatic carbocycles. The van der Waals surface area contributed by atoms with Crippen molar-refractivity contribution in [1.29, 1.82) is 0 Å². The molecule has 4 aromatic rings. The second-order valence-electron chi connectivity index (χ2n) is 13.9. The normalized spacial score (nSPS) is 24.6. The van der Waals surface area contributed by atoms with Crippen molar-refractivity contribution in [3.05, 3.63) is 70.9 Å². The lowest BCUT2D eigenvalue weighted by atomic mass is 9.35. The number of halogens is 8. The van der Waals surface area contributed by atoms with Crippen molar-refractivity contribution in [2.75, 3.05) is 16.3 Å². The molecule has 0 spiro atoms. The van der Waals surface area contributed by atoms with Crippen molar-refractivity contribution in [3.8, 4) is 21.8 Å². The van der Waals surface area contributed by atoms with Gasteiger partial charge in [-0.3, -0.25) is 4.72 Å². The number of nitrogens with one attached hydrogen (secondary N) is 2. The Morgan fingerprint density at radius 3 is 2.15 bits per heavy atom. The van der Waals surface area contributed by atoms with Crippen LogP contribution in [-0.4, -0.2) is 55.5 Å². The van der Waals surface area contributed by atoms with Gasteiger partial charge in [0, 0.05) is 29.5 Å². The summed E-state index contributed by atoms with van der Waals surface area (Å²) < 4.78 is 165. The van der Waals surface area contributed by atoms with Gasteiger partial charge in [0.1, 0.15) is 25.6 Å². The van der Waals surface area contributed by atoms with Gasteiger partial charge in [-0.25, -0.2) is 40.6 Å². The molecule has 4 saturated carbocycles. The Balaban J connectivity index is 1.25. The molecule has 2 N–H and O–H groups in total. The summed E-state index contributed by atoms with van der Waals surface area (Å²) in [5.74, 6) is -2.87. The topological polar surface area (TPSA) is 131 Å². The van der Waals surface area contributed by atoms with E-state index in [9.17, 15) is 47.6 Å². The van der Waals surface area contributed by atoms with Gasteiger partial charge in [-0.05, 0) is 75.3 Å². The molecule has 4 fully saturated rings. The predicted molar refractivity (Wildman–Crippen MR) is 179 cm³/mol. The van der Waals surface area contributed by atoms with Gasteiger partial charge in [-0.2, -0.15) is 26.3 Å². The number of hydrogen-bond acceptors (Lipinski definition) is 9. The molecule has 53 heavy (non-hydrogen) atoms. The number of aromatic nitrogens is 3. The molecule has 0 unspecified atom stereocenters. The Kier molecular flexibility index (Phi) is 8.88. The lowest BCUT2D eigenvalue weighted by Gasteiger charge is -2.69. The maximum Gasteiger partial charge on any atom is 0.417 e. The SMILES string of the molecule is CS(=O)(=O)[C@H]1CC[C@H](Nc2nccc(-c3sc(C45CC(C(F)(F)F)(C4)C5)nc3-c3cccc(NS(=O)(=O)c4c(F)cccc4C(F)(F)F)c3F)n2)CC1. The smallest absolute Gasteiger partial charge is 0.351 e. The van der Waals surface area contributed by atoms with E-state index >= 15 is 4.39 Å². The standard InChI is InChI=1S/C33H29F8N5O4S3/c1-52(47,48)18-10-8-17(9-11-18)43-29-42-13-12-23(44-29)26-25(45-28(51-26)30-14-31(15-30,16-30)33(39,40)41)19-4-2-7-22(24(19)35)46-53(49,50)27-20(32(36,37)38)5-3-6-21(27)34/h2-7,12-13,17-18,46H,8-11,14-16H2,1H3,(H,42,43,44)/t17-,18-,30?,31?. The predicted octanol–water partition coefficient (Wildman–Crippen LogP) is 8.12. The van der Waals surface area contributed by atoms with E-state index in [1.165, 1.54) is 30.7 Å². The van der Waals surface area contributed by atoms with E-state index in [1.807, 2.05) is 0 Å². The summed E-state index contributed by atoms with van der Waals surface area (Å²) in [6, 6.07) is 6.16. The third-order valence-corrected chi connectivity index (χ3v) is 14.7. The van der Waals surface area contributed by atoms with Gasteiger partial charge < -0.3 is 5.32 Å². The molecule has 0 aliphatic heterocycles. The first-order valence-electron chi connectivity index (χ1n) is 16.2. The second-order valence-corrected chi connectivity index (χ2v) is 18.8. The highest BCUT2D eigenvalue weighted by Crippen LogP contribution is 2.79. The van der Waals surface area contributed by atoms with E-state index < -0.39 is 76.1 Å². The third-order valence-electron chi connectivity index (χ3n) is 10.3. The maximum absolute atomic E-state index is 16.4. The Bertz CT molecular complexity index is 2300. The third kappa shape index (κ3) is 6.63. The monoisotopic (exact) mass is 807 g/mol. The number of nitrogens with zero attached hydrogens (tertiary/aromatic N) is 3. The summed E-state index contributed by atoms with van der Waals surface area (Å²) in [5.41, 5.74) is -5.70. The Hall–Kier alpha value is -3.91. The number of anilines is 2. The highest BCUT2D eigenvalue weighted by molar-refractivity contribution is 7.92. The molecule has 4 aliphatic rings. The van der Waals surface area contributed by atoms with Crippen LogP contribution in [0.25, 0.3) is 21.8 Å². The first-order chi connectivity index (χ1) is 24.6. The lowest BCUT2D eigenvalue weighted by Crippen LogP contribution is -2.70. The number of benzene rings is 2. The van der Waals surface area contributed by atoms with Gasteiger partial charge in [0.15, 0.2) is 5.82 Å². The molecule has 2 bridgehead atoms. The number of sulfonamides is 1. The molecule has 20 heteroatoms. The first kappa shape index (κ1) is 37.4. The summed E-state index contributed by atoms with van der Waals surface area (Å²) in [7, 11) is -8.58. The fourth-order valence-corrected chi connectivity index (χ4v) is 11.3. The first-order valence-corrected chi connectivity index (χ1v) is 20.4. The molecule has 2 heterocycles. The van der Waals surface area contributed by atoms with E-state index in [4.69, 9.17) is 0 Å². The summed E-state index contributed by atoms with van der Waals surface area (Å²) in [4.78, 5) is 11.9. The highest BCUT2D eigenvalue weighted by atomic mass is 32.2. The van der Waals surface area contributed by atoms with Crippen LogP contribution < -0.4 is 10.0 Å². The molecule has 0 radical (unpaired) electrons. The summed E-state index contributed by atoms with van der Waals surface area (Å²) in [5, 5.41) is 2.98. The van der Waals surface area contributed by atoms with Gasteiger partial charge in [0.05, 0.1) is 38.2 Å². The molecule has 0 saturated heterocycles. The minimum Gasteiger partial charge on any atom is -0.351 e. The van der Waals surface area contributed by atoms with Crippen molar-refractivity contribution in [1.82, 2.24) is 15.0 Å². The Morgan fingerprint density at radius 1 is 0.868 bits per heavy atom.